The van der Waals surface area contributed by atoms with E-state index >= 15 is 0 Å². The minimum Gasteiger partial charge on any atom is -0.480 e. The maximum atomic E-state index is 12.2. The van der Waals surface area contributed by atoms with Crippen LogP contribution in [0, 0.1) is 0 Å². The van der Waals surface area contributed by atoms with Crippen molar-refractivity contribution < 1.29 is 23.7 Å². The zero-order chi connectivity index (χ0) is 13.7. The molecule has 7 nitrogen and oxygen atoms in total. The van der Waals surface area contributed by atoms with Gasteiger partial charge in [0.05, 0.1) is 15.5 Å². The van der Waals surface area contributed by atoms with Crippen LogP contribution in [0.2, 0.25) is 0 Å². The van der Waals surface area contributed by atoms with Crippen molar-refractivity contribution in [3.05, 3.63) is 0 Å². The van der Waals surface area contributed by atoms with Crippen LogP contribution >= 0.6 is 0 Å². The van der Waals surface area contributed by atoms with Crippen LogP contribution in [-0.2, 0) is 25.2 Å². The van der Waals surface area contributed by atoms with Gasteiger partial charge in [-0.2, -0.15) is 0 Å². The molecule has 2 saturated heterocycles. The Bertz CT molecular complexity index is 473. The lowest BCUT2D eigenvalue weighted by Crippen LogP contribution is -2.64. The third-order valence-electron chi connectivity index (χ3n) is 3.12. The van der Waals surface area contributed by atoms with Gasteiger partial charge in [-0.1, -0.05) is 5.16 Å². The molecule has 2 rings (SSSR count). The van der Waals surface area contributed by atoms with E-state index in [1.807, 2.05) is 0 Å². The number of carboxylic acids is 1. The molecule has 0 saturated carbocycles. The molecule has 2 heterocycles. The van der Waals surface area contributed by atoms with Gasteiger partial charge in [-0.3, -0.25) is 9.00 Å². The van der Waals surface area contributed by atoms with Crippen LogP contribution in [0.5, 0.6) is 0 Å². The van der Waals surface area contributed by atoms with Crippen LogP contribution < -0.4 is 0 Å². The standard InChI is InChI=1S/C10H14N2O5S/c1-4-17-11-5-7(13)12-6(9(14)15)10(2,3)18(16)8(5)12/h6,8H,4H2,1-3H3,(H,14,15)/b11-5-/t6-,8+,18?/m0/s1. The molecule has 0 aliphatic carbocycles. The number of carboxylic acid groups (broad SMARTS) is 1. The first-order valence-corrected chi connectivity index (χ1v) is 6.71. The molecular weight excluding hydrogens is 260 g/mol. The van der Waals surface area contributed by atoms with Gasteiger partial charge >= 0.3 is 5.97 Å². The monoisotopic (exact) mass is 274 g/mol. The molecule has 100 valence electrons. The van der Waals surface area contributed by atoms with Gasteiger partial charge < -0.3 is 14.8 Å². The fourth-order valence-corrected chi connectivity index (χ4v) is 4.01. The van der Waals surface area contributed by atoms with Crippen molar-refractivity contribution in [2.75, 3.05) is 6.61 Å². The Balaban J connectivity index is 2.38. The lowest BCUT2D eigenvalue weighted by Gasteiger charge is -2.36. The van der Waals surface area contributed by atoms with E-state index in [1.54, 1.807) is 20.8 Å². The summed E-state index contributed by atoms with van der Waals surface area (Å²) >= 11 is 0. The summed E-state index contributed by atoms with van der Waals surface area (Å²) in [6.07, 6.45) is 0. The highest BCUT2D eigenvalue weighted by atomic mass is 32.2. The van der Waals surface area contributed by atoms with Gasteiger partial charge in [0, 0.05) is 0 Å². The number of rotatable bonds is 3. The van der Waals surface area contributed by atoms with Crippen LogP contribution in [0.25, 0.3) is 0 Å². The number of carbonyl (C=O) groups is 2. The van der Waals surface area contributed by atoms with E-state index in [4.69, 9.17) is 9.94 Å². The molecule has 2 aliphatic heterocycles. The molecule has 18 heavy (non-hydrogen) atoms. The molecule has 0 radical (unpaired) electrons. The van der Waals surface area contributed by atoms with Crippen molar-refractivity contribution in [1.82, 2.24) is 4.90 Å². The molecule has 0 spiro atoms. The fraction of sp³-hybridized carbons (Fsp3) is 0.700. The summed E-state index contributed by atoms with van der Waals surface area (Å²) in [6.45, 7) is 5.15. The third-order valence-corrected chi connectivity index (χ3v) is 5.24. The van der Waals surface area contributed by atoms with E-state index in [9.17, 15) is 13.8 Å². The third kappa shape index (κ3) is 1.48. The van der Waals surface area contributed by atoms with Gasteiger partial charge in [0.15, 0.2) is 11.1 Å². The summed E-state index contributed by atoms with van der Waals surface area (Å²) in [6, 6.07) is -1.09. The number of carbonyl (C=O) groups excluding carboxylic acids is 1. The predicted octanol–water partition coefficient (Wildman–Crippen LogP) is -0.459. The van der Waals surface area contributed by atoms with Crippen molar-refractivity contribution in [1.29, 1.82) is 0 Å². The Kier molecular flexibility index (Phi) is 2.92. The minimum absolute atomic E-state index is 0.0482. The second-order valence-electron chi connectivity index (χ2n) is 4.60. The van der Waals surface area contributed by atoms with E-state index in [0.29, 0.717) is 6.61 Å². The zero-order valence-electron chi connectivity index (χ0n) is 10.2. The largest absolute Gasteiger partial charge is 0.480 e. The maximum absolute atomic E-state index is 12.2. The Hall–Kier alpha value is -1.44. The first-order valence-electron chi connectivity index (χ1n) is 5.50. The van der Waals surface area contributed by atoms with Crippen molar-refractivity contribution >= 4 is 28.4 Å². The number of amides is 1. The van der Waals surface area contributed by atoms with Crippen LogP contribution in [0.15, 0.2) is 5.16 Å². The van der Waals surface area contributed by atoms with Gasteiger partial charge in [0.25, 0.3) is 5.91 Å². The van der Waals surface area contributed by atoms with Crippen LogP contribution in [-0.4, -0.2) is 54.6 Å². The molecule has 1 amide bonds. The van der Waals surface area contributed by atoms with Gasteiger partial charge in [-0.15, -0.1) is 0 Å². The molecule has 8 heteroatoms. The molecule has 0 bridgehead atoms. The average Bonchev–Trinajstić information content (AvgIpc) is 2.47. The molecule has 0 aromatic rings. The highest BCUT2D eigenvalue weighted by Crippen LogP contribution is 2.42. The molecule has 2 fully saturated rings. The summed E-state index contributed by atoms with van der Waals surface area (Å²) in [7, 11) is -1.51. The maximum Gasteiger partial charge on any atom is 0.328 e. The van der Waals surface area contributed by atoms with Crippen LogP contribution in [0.3, 0.4) is 0 Å². The molecule has 3 atom stereocenters. The van der Waals surface area contributed by atoms with Gasteiger partial charge in [-0.05, 0) is 20.8 Å². The smallest absolute Gasteiger partial charge is 0.328 e. The summed E-state index contributed by atoms with van der Waals surface area (Å²) in [5.74, 6) is -1.67. The summed E-state index contributed by atoms with van der Waals surface area (Å²) in [5.41, 5.74) is 0.0482. The molecule has 2 aliphatic rings. The minimum atomic E-state index is -1.51. The van der Waals surface area contributed by atoms with E-state index in [2.05, 4.69) is 5.16 Å². The molecular formula is C10H14N2O5S. The van der Waals surface area contributed by atoms with E-state index in [-0.39, 0.29) is 5.71 Å². The van der Waals surface area contributed by atoms with E-state index < -0.39 is 38.8 Å². The lowest BCUT2D eigenvalue weighted by molar-refractivity contribution is -0.150. The summed E-state index contributed by atoms with van der Waals surface area (Å²) < 4.78 is 11.2. The quantitative estimate of drug-likeness (QED) is 0.555. The number of oxime groups is 1. The predicted molar refractivity (Wildman–Crippen MR) is 63.3 cm³/mol. The highest BCUT2D eigenvalue weighted by Gasteiger charge is 2.67. The highest BCUT2D eigenvalue weighted by molar-refractivity contribution is 7.88. The number of hydrogen-bond acceptors (Lipinski definition) is 5. The number of fused-ring (bicyclic) bond motifs is 1. The van der Waals surface area contributed by atoms with Crippen molar-refractivity contribution in [3.63, 3.8) is 0 Å². The number of β-lactam (4-membered cyclic amide) rings is 1. The molecule has 1 unspecified atom stereocenters. The van der Waals surface area contributed by atoms with Gasteiger partial charge in [0.1, 0.15) is 12.6 Å². The first kappa shape index (κ1) is 13.0. The number of nitrogens with zero attached hydrogens (tertiary/aromatic N) is 2. The topological polar surface area (TPSA) is 96.3 Å². The van der Waals surface area contributed by atoms with Crippen LogP contribution in [0.1, 0.15) is 20.8 Å². The second kappa shape index (κ2) is 4.04. The Labute approximate surface area is 106 Å². The first-order chi connectivity index (χ1) is 8.34. The van der Waals surface area contributed by atoms with E-state index in [1.165, 1.54) is 0 Å². The second-order valence-corrected chi connectivity index (χ2v) is 6.69. The van der Waals surface area contributed by atoms with Crippen molar-refractivity contribution in [3.8, 4) is 0 Å². The number of aliphatic carboxylic acids is 1. The SMILES string of the molecule is CCO/N=C1/C(=O)N2[C@@H]1S(=O)C(C)(C)[C@@H]2C(=O)O. The Morgan fingerprint density at radius 3 is 2.72 bits per heavy atom. The van der Waals surface area contributed by atoms with E-state index in [0.717, 1.165) is 4.90 Å². The summed E-state index contributed by atoms with van der Waals surface area (Å²) in [4.78, 5) is 28.9. The summed E-state index contributed by atoms with van der Waals surface area (Å²) in [5, 5.41) is 12.0. The normalized spacial score (nSPS) is 35.3. The van der Waals surface area contributed by atoms with Crippen molar-refractivity contribution in [2.45, 2.75) is 36.9 Å². The number of hydrogen-bond donors (Lipinski definition) is 1. The fourth-order valence-electron chi connectivity index (χ4n) is 2.23. The van der Waals surface area contributed by atoms with Gasteiger partial charge in [0.2, 0.25) is 0 Å². The molecule has 0 aromatic carbocycles. The molecule has 1 N–H and O–H groups in total. The van der Waals surface area contributed by atoms with Crippen LogP contribution in [0.4, 0.5) is 0 Å². The van der Waals surface area contributed by atoms with Gasteiger partial charge in [-0.25, -0.2) is 4.79 Å². The zero-order valence-corrected chi connectivity index (χ0v) is 11.1. The Morgan fingerprint density at radius 1 is 1.61 bits per heavy atom. The Morgan fingerprint density at radius 2 is 2.22 bits per heavy atom. The van der Waals surface area contributed by atoms with Crippen molar-refractivity contribution in [2.24, 2.45) is 5.16 Å². The average molecular weight is 274 g/mol. The molecule has 0 aromatic heterocycles. The lowest BCUT2D eigenvalue weighted by atomic mass is 9.98.